The standard InChI is InChI=1S/C19H18Cl2N2O5S/c20-15-11-16(21)17(29(27,28)23-8-2-1-3-9-23)10-14(15)18(24)22-13-6-4-12(5-7-13)19(25)26/h4-7,10-11H,1-3,8-9H2,(H,22,24)(H,25,26). The molecule has 1 aliphatic rings. The van der Waals surface area contributed by atoms with Crippen LogP contribution in [0, 0.1) is 0 Å². The summed E-state index contributed by atoms with van der Waals surface area (Å²) in [6.07, 6.45) is 2.50. The fraction of sp³-hybridized carbons (Fsp3) is 0.263. The van der Waals surface area contributed by atoms with Crippen LogP contribution >= 0.6 is 23.2 Å². The number of carboxylic acids is 1. The van der Waals surface area contributed by atoms with Gasteiger partial charge in [0.1, 0.15) is 4.90 Å². The number of sulfonamides is 1. The zero-order valence-electron chi connectivity index (χ0n) is 15.2. The summed E-state index contributed by atoms with van der Waals surface area (Å²) in [5.41, 5.74) is 0.364. The summed E-state index contributed by atoms with van der Waals surface area (Å²) in [5.74, 6) is -1.72. The molecule has 2 aromatic rings. The summed E-state index contributed by atoms with van der Waals surface area (Å²) in [7, 11) is -3.86. The van der Waals surface area contributed by atoms with Gasteiger partial charge in [0.05, 0.1) is 21.2 Å². The Hall–Kier alpha value is -2.13. The normalized spacial score (nSPS) is 15.1. The highest BCUT2D eigenvalue weighted by Crippen LogP contribution is 2.32. The minimum atomic E-state index is -3.86. The van der Waals surface area contributed by atoms with Crippen molar-refractivity contribution in [2.45, 2.75) is 24.2 Å². The Kier molecular flexibility index (Phi) is 6.48. The van der Waals surface area contributed by atoms with Gasteiger partial charge >= 0.3 is 5.97 Å². The number of nitrogens with zero attached hydrogens (tertiary/aromatic N) is 1. The Morgan fingerprint density at radius 1 is 0.966 bits per heavy atom. The van der Waals surface area contributed by atoms with E-state index >= 15 is 0 Å². The number of benzene rings is 2. The number of hydrogen-bond acceptors (Lipinski definition) is 4. The van der Waals surface area contributed by atoms with E-state index in [1.165, 1.54) is 40.7 Å². The predicted octanol–water partition coefficient (Wildman–Crippen LogP) is 4.12. The third-order valence-electron chi connectivity index (χ3n) is 4.59. The second-order valence-corrected chi connectivity index (χ2v) is 9.28. The van der Waals surface area contributed by atoms with Crippen molar-refractivity contribution in [3.05, 3.63) is 57.6 Å². The SMILES string of the molecule is O=C(O)c1ccc(NC(=O)c2cc(S(=O)(=O)N3CCCCC3)c(Cl)cc2Cl)cc1. The van der Waals surface area contributed by atoms with E-state index in [2.05, 4.69) is 5.32 Å². The van der Waals surface area contributed by atoms with Gasteiger partial charge in [0.2, 0.25) is 10.0 Å². The molecule has 2 aromatic carbocycles. The van der Waals surface area contributed by atoms with E-state index in [1.54, 1.807) is 0 Å². The van der Waals surface area contributed by atoms with E-state index in [1.807, 2.05) is 0 Å². The Balaban J connectivity index is 1.90. The van der Waals surface area contributed by atoms with E-state index in [9.17, 15) is 18.0 Å². The fourth-order valence-corrected chi connectivity index (χ4v) is 5.39. The Labute approximate surface area is 178 Å². The van der Waals surface area contributed by atoms with E-state index in [0.717, 1.165) is 19.3 Å². The lowest BCUT2D eigenvalue weighted by Gasteiger charge is -2.26. The number of halogens is 2. The maximum Gasteiger partial charge on any atom is 0.335 e. The summed E-state index contributed by atoms with van der Waals surface area (Å²) >= 11 is 12.3. The number of rotatable bonds is 5. The van der Waals surface area contributed by atoms with Crippen LogP contribution in [0.15, 0.2) is 41.3 Å². The van der Waals surface area contributed by atoms with E-state index in [0.29, 0.717) is 18.8 Å². The zero-order valence-corrected chi connectivity index (χ0v) is 17.5. The number of aromatic carboxylic acids is 1. The fourth-order valence-electron chi connectivity index (χ4n) is 3.04. The molecule has 10 heteroatoms. The molecule has 0 aromatic heterocycles. The molecule has 1 saturated heterocycles. The number of hydrogen-bond donors (Lipinski definition) is 2. The first-order valence-electron chi connectivity index (χ1n) is 8.84. The Morgan fingerprint density at radius 3 is 2.17 bits per heavy atom. The van der Waals surface area contributed by atoms with Crippen molar-refractivity contribution in [2.24, 2.45) is 0 Å². The highest BCUT2D eigenvalue weighted by Gasteiger charge is 2.29. The van der Waals surface area contributed by atoms with Crippen molar-refractivity contribution in [3.63, 3.8) is 0 Å². The summed E-state index contributed by atoms with van der Waals surface area (Å²) in [6, 6.07) is 7.95. The van der Waals surface area contributed by atoms with Crippen molar-refractivity contribution >= 4 is 50.8 Å². The molecule has 1 heterocycles. The molecule has 0 saturated carbocycles. The van der Waals surface area contributed by atoms with E-state index in [4.69, 9.17) is 28.3 Å². The third-order valence-corrected chi connectivity index (χ3v) is 7.26. The van der Waals surface area contributed by atoms with Crippen LogP contribution in [0.3, 0.4) is 0 Å². The second-order valence-electron chi connectivity index (χ2n) is 6.56. The molecular weight excluding hydrogens is 439 g/mol. The molecule has 0 bridgehead atoms. The van der Waals surface area contributed by atoms with Crippen molar-refractivity contribution in [2.75, 3.05) is 18.4 Å². The molecule has 2 N–H and O–H groups in total. The number of anilines is 1. The molecule has 1 aliphatic heterocycles. The maximum absolute atomic E-state index is 13.0. The summed E-state index contributed by atoms with van der Waals surface area (Å²) in [5, 5.41) is 11.5. The molecule has 0 unspecified atom stereocenters. The van der Waals surface area contributed by atoms with Gasteiger partial charge in [-0.25, -0.2) is 13.2 Å². The van der Waals surface area contributed by atoms with E-state index in [-0.39, 0.29) is 26.1 Å². The molecule has 0 radical (unpaired) electrons. The van der Waals surface area contributed by atoms with Crippen LogP contribution in [0.2, 0.25) is 10.0 Å². The first-order chi connectivity index (χ1) is 13.7. The Bertz CT molecular complexity index is 1050. The van der Waals surface area contributed by atoms with Crippen LogP contribution in [0.4, 0.5) is 5.69 Å². The number of carbonyl (C=O) groups excluding carboxylic acids is 1. The van der Waals surface area contributed by atoms with Gasteiger partial charge in [-0.3, -0.25) is 4.79 Å². The average Bonchev–Trinajstić information content (AvgIpc) is 2.68. The van der Waals surface area contributed by atoms with Gasteiger partial charge in [-0.1, -0.05) is 29.6 Å². The molecule has 0 atom stereocenters. The largest absolute Gasteiger partial charge is 0.478 e. The summed E-state index contributed by atoms with van der Waals surface area (Å²) < 4.78 is 27.3. The number of nitrogens with one attached hydrogen (secondary N) is 1. The van der Waals surface area contributed by atoms with Crippen LogP contribution < -0.4 is 5.32 Å². The van der Waals surface area contributed by atoms with E-state index < -0.39 is 21.9 Å². The zero-order chi connectivity index (χ0) is 21.2. The molecule has 29 heavy (non-hydrogen) atoms. The van der Waals surface area contributed by atoms with Crippen molar-refractivity contribution in [3.8, 4) is 0 Å². The van der Waals surface area contributed by atoms with Crippen LogP contribution in [0.25, 0.3) is 0 Å². The number of piperidine rings is 1. The molecule has 1 fully saturated rings. The lowest BCUT2D eigenvalue weighted by atomic mass is 10.2. The first-order valence-corrected chi connectivity index (χ1v) is 11.0. The van der Waals surface area contributed by atoms with Gasteiger partial charge in [-0.05, 0) is 49.2 Å². The van der Waals surface area contributed by atoms with Gasteiger partial charge < -0.3 is 10.4 Å². The highest BCUT2D eigenvalue weighted by atomic mass is 35.5. The number of amides is 1. The summed E-state index contributed by atoms with van der Waals surface area (Å²) in [6.45, 7) is 0.803. The molecule has 0 aliphatic carbocycles. The summed E-state index contributed by atoms with van der Waals surface area (Å²) in [4.78, 5) is 23.4. The third kappa shape index (κ3) is 4.72. The minimum Gasteiger partial charge on any atom is -0.478 e. The first kappa shape index (κ1) is 21.6. The van der Waals surface area contributed by atoms with Gasteiger partial charge in [0.25, 0.3) is 5.91 Å². The molecule has 154 valence electrons. The van der Waals surface area contributed by atoms with Gasteiger partial charge in [-0.15, -0.1) is 0 Å². The smallest absolute Gasteiger partial charge is 0.335 e. The topological polar surface area (TPSA) is 104 Å². The van der Waals surface area contributed by atoms with Crippen molar-refractivity contribution < 1.29 is 23.1 Å². The predicted molar refractivity (Wildman–Crippen MR) is 110 cm³/mol. The van der Waals surface area contributed by atoms with Crippen LogP contribution in [0.1, 0.15) is 40.0 Å². The van der Waals surface area contributed by atoms with Crippen molar-refractivity contribution in [1.29, 1.82) is 0 Å². The minimum absolute atomic E-state index is 0.00671. The Morgan fingerprint density at radius 2 is 1.59 bits per heavy atom. The lowest BCUT2D eigenvalue weighted by molar-refractivity contribution is 0.0696. The van der Waals surface area contributed by atoms with Crippen LogP contribution in [-0.2, 0) is 10.0 Å². The molecular formula is C19H18Cl2N2O5S. The maximum atomic E-state index is 13.0. The van der Waals surface area contributed by atoms with Crippen LogP contribution in [0.5, 0.6) is 0 Å². The van der Waals surface area contributed by atoms with Gasteiger partial charge in [-0.2, -0.15) is 4.31 Å². The monoisotopic (exact) mass is 456 g/mol. The number of carboxylic acid groups (broad SMARTS) is 1. The second kappa shape index (κ2) is 8.71. The number of carbonyl (C=O) groups is 2. The van der Waals surface area contributed by atoms with Crippen molar-refractivity contribution in [1.82, 2.24) is 4.31 Å². The van der Waals surface area contributed by atoms with Gasteiger partial charge in [0, 0.05) is 18.8 Å². The quantitative estimate of drug-likeness (QED) is 0.703. The van der Waals surface area contributed by atoms with Crippen LogP contribution in [-0.4, -0.2) is 42.8 Å². The molecule has 7 nitrogen and oxygen atoms in total. The molecule has 3 rings (SSSR count). The average molecular weight is 457 g/mol. The molecule has 0 spiro atoms. The lowest BCUT2D eigenvalue weighted by Crippen LogP contribution is -2.35. The van der Waals surface area contributed by atoms with Gasteiger partial charge in [0.15, 0.2) is 0 Å². The highest BCUT2D eigenvalue weighted by molar-refractivity contribution is 7.89. The molecule has 1 amide bonds.